The molecule has 1 heterocycles. The molecule has 0 aliphatic heterocycles. The third-order valence-corrected chi connectivity index (χ3v) is 5.36. The minimum absolute atomic E-state index is 0.570. The van der Waals surface area contributed by atoms with Crippen LogP contribution in [0.25, 0.3) is 0 Å². The Labute approximate surface area is 151 Å². The number of hydrogen-bond acceptors (Lipinski definition) is 4. The highest BCUT2D eigenvalue weighted by atomic mass is 32.2. The van der Waals surface area contributed by atoms with Gasteiger partial charge in [-0.1, -0.05) is 54.2 Å². The van der Waals surface area contributed by atoms with Gasteiger partial charge in [-0.2, -0.15) is 5.26 Å². The van der Waals surface area contributed by atoms with E-state index >= 15 is 0 Å². The summed E-state index contributed by atoms with van der Waals surface area (Å²) in [6.07, 6.45) is 2.43. The van der Waals surface area contributed by atoms with Gasteiger partial charge in [-0.25, -0.2) is 0 Å². The second-order valence-electron chi connectivity index (χ2n) is 6.28. The van der Waals surface area contributed by atoms with Crippen molar-refractivity contribution in [2.24, 2.45) is 0 Å². The number of benzene rings is 2. The molecule has 1 aliphatic carbocycles. The Bertz CT molecular complexity index is 890. The van der Waals surface area contributed by atoms with Gasteiger partial charge >= 0.3 is 0 Å². The number of hydrogen-bond donors (Lipinski definition) is 0. The van der Waals surface area contributed by atoms with Crippen LogP contribution in [0.15, 0.2) is 59.8 Å². The van der Waals surface area contributed by atoms with E-state index in [1.807, 2.05) is 30.3 Å². The molecule has 4 nitrogen and oxygen atoms in total. The molecule has 5 heteroatoms. The molecule has 0 N–H and O–H groups in total. The van der Waals surface area contributed by atoms with Gasteiger partial charge in [0.2, 0.25) is 0 Å². The molecule has 4 rings (SSSR count). The van der Waals surface area contributed by atoms with E-state index in [1.54, 1.807) is 11.8 Å². The molecule has 0 spiro atoms. The lowest BCUT2D eigenvalue weighted by Crippen LogP contribution is -2.06. The summed E-state index contributed by atoms with van der Waals surface area (Å²) in [6.45, 7) is 0.815. The second kappa shape index (κ2) is 7.12. The number of nitrogens with zero attached hydrogens (tertiary/aromatic N) is 4. The van der Waals surface area contributed by atoms with Crippen molar-refractivity contribution in [1.82, 2.24) is 14.8 Å². The summed E-state index contributed by atoms with van der Waals surface area (Å²) in [6, 6.07) is 20.4. The summed E-state index contributed by atoms with van der Waals surface area (Å²) in [5, 5.41) is 18.8. The average molecular weight is 346 g/mol. The van der Waals surface area contributed by atoms with Crippen LogP contribution in [0.5, 0.6) is 0 Å². The average Bonchev–Trinajstić information content (AvgIpc) is 3.43. The number of rotatable bonds is 6. The van der Waals surface area contributed by atoms with Crippen molar-refractivity contribution in [2.75, 3.05) is 0 Å². The van der Waals surface area contributed by atoms with Gasteiger partial charge in [0.05, 0.1) is 18.2 Å². The van der Waals surface area contributed by atoms with Gasteiger partial charge in [0.1, 0.15) is 5.82 Å². The minimum atomic E-state index is 0.570. The van der Waals surface area contributed by atoms with Crippen LogP contribution in [0.3, 0.4) is 0 Å². The molecule has 1 fully saturated rings. The Morgan fingerprint density at radius 1 is 1.00 bits per heavy atom. The maximum absolute atomic E-state index is 8.90. The first-order valence-electron chi connectivity index (χ1n) is 8.42. The molecule has 1 aromatic heterocycles. The van der Waals surface area contributed by atoms with Gasteiger partial charge in [-0.15, -0.1) is 10.2 Å². The monoisotopic (exact) mass is 346 g/mol. The minimum Gasteiger partial charge on any atom is -0.301 e. The fraction of sp³-hybridized carbons (Fsp3) is 0.250. The quantitative estimate of drug-likeness (QED) is 0.622. The van der Waals surface area contributed by atoms with Crippen LogP contribution in [-0.2, 0) is 12.3 Å². The first kappa shape index (κ1) is 15.9. The van der Waals surface area contributed by atoms with Crippen LogP contribution in [-0.4, -0.2) is 14.8 Å². The highest BCUT2D eigenvalue weighted by molar-refractivity contribution is 7.98. The van der Waals surface area contributed by atoms with Crippen molar-refractivity contribution in [3.63, 3.8) is 0 Å². The lowest BCUT2D eigenvalue weighted by molar-refractivity contribution is 0.667. The van der Waals surface area contributed by atoms with Crippen molar-refractivity contribution >= 4 is 11.8 Å². The molecule has 0 amide bonds. The lowest BCUT2D eigenvalue weighted by atomic mass is 10.2. The van der Waals surface area contributed by atoms with Crippen LogP contribution in [0, 0.1) is 11.3 Å². The lowest BCUT2D eigenvalue weighted by Gasteiger charge is -2.10. The molecule has 0 saturated heterocycles. The van der Waals surface area contributed by atoms with Crippen molar-refractivity contribution in [3.8, 4) is 6.07 Å². The Hall–Kier alpha value is -2.58. The standard InChI is InChI=1S/C20H18N4S/c21-12-15-6-8-17(9-7-15)14-25-20-23-22-19(18-10-11-18)24(20)13-16-4-2-1-3-5-16/h1-9,18H,10-11,13-14H2. The van der Waals surface area contributed by atoms with Gasteiger partial charge in [0.25, 0.3) is 0 Å². The van der Waals surface area contributed by atoms with E-state index in [1.165, 1.54) is 24.0 Å². The maximum Gasteiger partial charge on any atom is 0.191 e. The van der Waals surface area contributed by atoms with Gasteiger partial charge in [0, 0.05) is 11.7 Å². The van der Waals surface area contributed by atoms with Crippen LogP contribution >= 0.6 is 11.8 Å². The summed E-state index contributed by atoms with van der Waals surface area (Å²) in [7, 11) is 0. The van der Waals surface area contributed by atoms with Crippen LogP contribution in [0.2, 0.25) is 0 Å². The topological polar surface area (TPSA) is 54.5 Å². The molecular weight excluding hydrogens is 328 g/mol. The fourth-order valence-electron chi connectivity index (χ4n) is 2.79. The zero-order chi connectivity index (χ0) is 17.1. The predicted molar refractivity (Wildman–Crippen MR) is 98.3 cm³/mol. The second-order valence-corrected chi connectivity index (χ2v) is 7.23. The van der Waals surface area contributed by atoms with E-state index in [0.717, 1.165) is 23.3 Å². The molecule has 0 radical (unpaired) electrons. The highest BCUT2D eigenvalue weighted by Gasteiger charge is 2.30. The van der Waals surface area contributed by atoms with Crippen molar-refractivity contribution < 1.29 is 0 Å². The van der Waals surface area contributed by atoms with Gasteiger partial charge in [0.15, 0.2) is 5.16 Å². The molecule has 25 heavy (non-hydrogen) atoms. The van der Waals surface area contributed by atoms with E-state index in [0.29, 0.717) is 11.5 Å². The normalized spacial score (nSPS) is 13.6. The van der Waals surface area contributed by atoms with Gasteiger partial charge in [-0.3, -0.25) is 0 Å². The van der Waals surface area contributed by atoms with Crippen LogP contribution in [0.4, 0.5) is 0 Å². The molecule has 0 bridgehead atoms. The van der Waals surface area contributed by atoms with E-state index < -0.39 is 0 Å². The van der Waals surface area contributed by atoms with Gasteiger partial charge < -0.3 is 4.57 Å². The maximum atomic E-state index is 8.90. The number of thioether (sulfide) groups is 1. The molecule has 1 saturated carbocycles. The van der Waals surface area contributed by atoms with Crippen molar-refractivity contribution in [1.29, 1.82) is 5.26 Å². The SMILES string of the molecule is N#Cc1ccc(CSc2nnc(C3CC3)n2Cc2ccccc2)cc1. The highest BCUT2D eigenvalue weighted by Crippen LogP contribution is 2.40. The summed E-state index contributed by atoms with van der Waals surface area (Å²) in [5.41, 5.74) is 3.15. The molecule has 3 aromatic rings. The predicted octanol–water partition coefficient (Wildman–Crippen LogP) is 4.37. The number of nitriles is 1. The third-order valence-electron chi connectivity index (χ3n) is 4.32. The fourth-order valence-corrected chi connectivity index (χ4v) is 3.69. The van der Waals surface area contributed by atoms with E-state index in [2.05, 4.69) is 45.1 Å². The van der Waals surface area contributed by atoms with E-state index in [9.17, 15) is 0 Å². The summed E-state index contributed by atoms with van der Waals surface area (Å²) in [5.74, 6) is 2.51. The van der Waals surface area contributed by atoms with Crippen LogP contribution in [0.1, 0.15) is 41.3 Å². The Kier molecular flexibility index (Phi) is 4.53. The molecular formula is C20H18N4S. The molecule has 2 aromatic carbocycles. The summed E-state index contributed by atoms with van der Waals surface area (Å²) < 4.78 is 2.27. The zero-order valence-electron chi connectivity index (χ0n) is 13.8. The summed E-state index contributed by atoms with van der Waals surface area (Å²) in [4.78, 5) is 0. The Morgan fingerprint density at radius 3 is 2.44 bits per heavy atom. The number of aromatic nitrogens is 3. The first-order valence-corrected chi connectivity index (χ1v) is 9.41. The molecule has 0 atom stereocenters. The Balaban J connectivity index is 1.53. The van der Waals surface area contributed by atoms with Gasteiger partial charge in [-0.05, 0) is 36.1 Å². The van der Waals surface area contributed by atoms with E-state index in [4.69, 9.17) is 5.26 Å². The smallest absolute Gasteiger partial charge is 0.191 e. The zero-order valence-corrected chi connectivity index (χ0v) is 14.6. The van der Waals surface area contributed by atoms with Crippen molar-refractivity contribution in [2.45, 2.75) is 36.2 Å². The largest absolute Gasteiger partial charge is 0.301 e. The first-order chi connectivity index (χ1) is 12.3. The van der Waals surface area contributed by atoms with Crippen molar-refractivity contribution in [3.05, 3.63) is 77.1 Å². The van der Waals surface area contributed by atoms with Crippen LogP contribution < -0.4 is 0 Å². The molecule has 1 aliphatic rings. The summed E-state index contributed by atoms with van der Waals surface area (Å²) >= 11 is 1.71. The van der Waals surface area contributed by atoms with E-state index in [-0.39, 0.29) is 0 Å². The Morgan fingerprint density at radius 2 is 1.76 bits per heavy atom. The molecule has 124 valence electrons. The molecule has 0 unspecified atom stereocenters. The third kappa shape index (κ3) is 3.75.